The van der Waals surface area contributed by atoms with Crippen molar-refractivity contribution in [2.75, 3.05) is 0 Å². The van der Waals surface area contributed by atoms with Crippen molar-refractivity contribution in [2.45, 2.75) is 39.0 Å². The third-order valence-corrected chi connectivity index (χ3v) is 6.00. The van der Waals surface area contributed by atoms with Crippen molar-refractivity contribution in [3.63, 3.8) is 0 Å². The number of hydrogen-bond donors (Lipinski definition) is 0. The maximum Gasteiger partial charge on any atom is 0.132 e. The summed E-state index contributed by atoms with van der Waals surface area (Å²) in [5, 5.41) is 1.11. The fourth-order valence-electron chi connectivity index (χ4n) is 4.51. The average Bonchev–Trinajstić information content (AvgIpc) is 2.95. The van der Waals surface area contributed by atoms with E-state index in [1.807, 2.05) is 0 Å². The normalized spacial score (nSPS) is 14.3. The second-order valence-electron chi connectivity index (χ2n) is 8.50. The highest BCUT2D eigenvalue weighted by Gasteiger charge is 2.36. The molecule has 4 aromatic rings. The van der Waals surface area contributed by atoms with E-state index in [2.05, 4.69) is 94.4 Å². The molecule has 0 amide bonds. The summed E-state index contributed by atoms with van der Waals surface area (Å²) in [6.07, 6.45) is 0. The molecule has 3 aromatic carbocycles. The Kier molecular flexibility index (Phi) is 3.67. The monoisotopic (exact) mass is 364 g/mol. The minimum Gasteiger partial charge on any atom is -0.233 e. The van der Waals surface area contributed by atoms with E-state index in [0.29, 0.717) is 0 Å². The first-order chi connectivity index (χ1) is 13.5. The van der Waals surface area contributed by atoms with E-state index in [9.17, 15) is 0 Å². The fourth-order valence-corrected chi connectivity index (χ4v) is 4.51. The highest BCUT2D eigenvalue weighted by Crippen LogP contribution is 2.52. The smallest absolute Gasteiger partial charge is 0.132 e. The van der Waals surface area contributed by atoms with Gasteiger partial charge in [0, 0.05) is 22.3 Å². The zero-order chi connectivity index (χ0) is 19.5. The van der Waals surface area contributed by atoms with Crippen LogP contribution in [0.1, 0.15) is 50.6 Å². The molecule has 5 rings (SSSR count). The molecule has 2 nitrogen and oxygen atoms in total. The van der Waals surface area contributed by atoms with E-state index in [1.165, 1.54) is 27.8 Å². The summed E-state index contributed by atoms with van der Waals surface area (Å²) in [4.78, 5) is 9.87. The Morgan fingerprint density at radius 1 is 0.714 bits per heavy atom. The van der Waals surface area contributed by atoms with Gasteiger partial charge in [0.15, 0.2) is 0 Å². The lowest BCUT2D eigenvalue weighted by atomic mass is 9.82. The zero-order valence-electron chi connectivity index (χ0n) is 16.8. The first-order valence-corrected chi connectivity index (χ1v) is 9.99. The molecule has 0 N–H and O–H groups in total. The molecular weight excluding hydrogens is 340 g/mol. The van der Waals surface area contributed by atoms with Crippen LogP contribution >= 0.6 is 0 Å². The summed E-state index contributed by atoms with van der Waals surface area (Å²) in [6.45, 7) is 8.95. The van der Waals surface area contributed by atoms with E-state index in [4.69, 9.17) is 9.97 Å². The minimum absolute atomic E-state index is 0.00829. The van der Waals surface area contributed by atoms with Crippen LogP contribution in [0.2, 0.25) is 0 Å². The molecule has 0 saturated carbocycles. The standard InChI is InChI=1S/C26H24N2/c1-16(2)25-27-22-15-8-6-11-18(22)24(28-25)19-12-9-14-21-23(19)17-10-5-7-13-20(17)26(21,3)4/h5-16H,1-4H3. The van der Waals surface area contributed by atoms with Gasteiger partial charge in [0.2, 0.25) is 0 Å². The van der Waals surface area contributed by atoms with Crippen LogP contribution in [-0.2, 0) is 5.41 Å². The number of para-hydroxylation sites is 1. The highest BCUT2D eigenvalue weighted by molar-refractivity contribution is 6.00. The van der Waals surface area contributed by atoms with Gasteiger partial charge >= 0.3 is 0 Å². The lowest BCUT2D eigenvalue weighted by molar-refractivity contribution is 0.660. The lowest BCUT2D eigenvalue weighted by Crippen LogP contribution is -2.14. The van der Waals surface area contributed by atoms with Gasteiger partial charge in [-0.25, -0.2) is 9.97 Å². The molecule has 0 bridgehead atoms. The molecule has 2 heteroatoms. The summed E-state index contributed by atoms with van der Waals surface area (Å²) >= 11 is 0. The van der Waals surface area contributed by atoms with Crippen LogP contribution in [0.3, 0.4) is 0 Å². The average molecular weight is 364 g/mol. The largest absolute Gasteiger partial charge is 0.233 e. The molecule has 1 heterocycles. The van der Waals surface area contributed by atoms with Crippen molar-refractivity contribution in [3.8, 4) is 22.4 Å². The van der Waals surface area contributed by atoms with Crippen LogP contribution in [0.4, 0.5) is 0 Å². The van der Waals surface area contributed by atoms with Gasteiger partial charge in [-0.3, -0.25) is 0 Å². The predicted octanol–water partition coefficient (Wildman–Crippen LogP) is 6.73. The Balaban J connectivity index is 1.89. The molecule has 0 spiro atoms. The third kappa shape index (κ3) is 2.34. The lowest BCUT2D eigenvalue weighted by Gasteiger charge is -2.21. The van der Waals surface area contributed by atoms with E-state index >= 15 is 0 Å². The van der Waals surface area contributed by atoms with E-state index in [-0.39, 0.29) is 11.3 Å². The second kappa shape index (κ2) is 6.00. The Morgan fingerprint density at radius 3 is 2.21 bits per heavy atom. The SMILES string of the molecule is CC(C)c1nc(-c2cccc3c2-c2ccccc2C3(C)C)c2ccccc2n1. The number of fused-ring (bicyclic) bond motifs is 4. The molecule has 0 atom stereocenters. The summed E-state index contributed by atoms with van der Waals surface area (Å²) in [6, 6.07) is 23.8. The van der Waals surface area contributed by atoms with Crippen LogP contribution in [0.15, 0.2) is 66.7 Å². The zero-order valence-corrected chi connectivity index (χ0v) is 16.8. The quantitative estimate of drug-likeness (QED) is 0.394. The van der Waals surface area contributed by atoms with Crippen molar-refractivity contribution in [2.24, 2.45) is 0 Å². The third-order valence-electron chi connectivity index (χ3n) is 6.00. The Hall–Kier alpha value is -3.00. The van der Waals surface area contributed by atoms with Crippen LogP contribution < -0.4 is 0 Å². The first kappa shape index (κ1) is 17.1. The maximum absolute atomic E-state index is 5.06. The van der Waals surface area contributed by atoms with Gasteiger partial charge < -0.3 is 0 Å². The topological polar surface area (TPSA) is 25.8 Å². The van der Waals surface area contributed by atoms with Gasteiger partial charge in [0.1, 0.15) is 5.82 Å². The van der Waals surface area contributed by atoms with Crippen molar-refractivity contribution in [3.05, 3.63) is 83.7 Å². The summed E-state index contributed by atoms with van der Waals surface area (Å²) in [5.74, 6) is 1.18. The van der Waals surface area contributed by atoms with Gasteiger partial charge in [-0.2, -0.15) is 0 Å². The molecule has 28 heavy (non-hydrogen) atoms. The van der Waals surface area contributed by atoms with Gasteiger partial charge in [0.25, 0.3) is 0 Å². The Labute approximate surface area is 166 Å². The fraction of sp³-hybridized carbons (Fsp3) is 0.231. The van der Waals surface area contributed by atoms with Gasteiger partial charge in [-0.1, -0.05) is 88.4 Å². The van der Waals surface area contributed by atoms with Gasteiger partial charge in [-0.05, 0) is 28.3 Å². The van der Waals surface area contributed by atoms with Gasteiger partial charge in [-0.15, -0.1) is 0 Å². The van der Waals surface area contributed by atoms with Crippen LogP contribution in [-0.4, -0.2) is 9.97 Å². The maximum atomic E-state index is 5.06. The molecule has 0 aliphatic heterocycles. The molecular formula is C26H24N2. The molecule has 0 saturated heterocycles. The minimum atomic E-state index is -0.00829. The highest BCUT2D eigenvalue weighted by atomic mass is 14.9. The Bertz CT molecular complexity index is 1220. The van der Waals surface area contributed by atoms with Crippen molar-refractivity contribution >= 4 is 10.9 Å². The van der Waals surface area contributed by atoms with Crippen LogP contribution in [0, 0.1) is 0 Å². The number of nitrogens with zero attached hydrogens (tertiary/aromatic N) is 2. The second-order valence-corrected chi connectivity index (χ2v) is 8.50. The van der Waals surface area contributed by atoms with Crippen molar-refractivity contribution < 1.29 is 0 Å². The molecule has 0 unspecified atom stereocenters. The van der Waals surface area contributed by atoms with Gasteiger partial charge in [0.05, 0.1) is 11.2 Å². The number of aromatic nitrogens is 2. The number of rotatable bonds is 2. The van der Waals surface area contributed by atoms with E-state index < -0.39 is 0 Å². The van der Waals surface area contributed by atoms with E-state index in [1.54, 1.807) is 0 Å². The van der Waals surface area contributed by atoms with E-state index in [0.717, 1.165) is 22.4 Å². The van der Waals surface area contributed by atoms with Crippen LogP contribution in [0.25, 0.3) is 33.3 Å². The summed E-state index contributed by atoms with van der Waals surface area (Å²) in [5.41, 5.74) is 8.66. The summed E-state index contributed by atoms with van der Waals surface area (Å²) in [7, 11) is 0. The molecule has 138 valence electrons. The van der Waals surface area contributed by atoms with Crippen molar-refractivity contribution in [1.29, 1.82) is 0 Å². The molecule has 0 fully saturated rings. The molecule has 1 aliphatic rings. The molecule has 1 aromatic heterocycles. The molecule has 1 aliphatic carbocycles. The number of benzene rings is 3. The number of hydrogen-bond acceptors (Lipinski definition) is 2. The first-order valence-electron chi connectivity index (χ1n) is 9.99. The Morgan fingerprint density at radius 2 is 1.39 bits per heavy atom. The van der Waals surface area contributed by atoms with Crippen LogP contribution in [0.5, 0.6) is 0 Å². The molecule has 0 radical (unpaired) electrons. The van der Waals surface area contributed by atoms with Crippen molar-refractivity contribution in [1.82, 2.24) is 9.97 Å². The predicted molar refractivity (Wildman–Crippen MR) is 117 cm³/mol. The summed E-state index contributed by atoms with van der Waals surface area (Å²) < 4.78 is 0.